The summed E-state index contributed by atoms with van der Waals surface area (Å²) in [6.07, 6.45) is 0.472. The van der Waals surface area contributed by atoms with Gasteiger partial charge in [0, 0.05) is 49.9 Å². The molecule has 0 N–H and O–H groups in total. The molecule has 1 aliphatic heterocycles. The number of amides is 1. The van der Waals surface area contributed by atoms with E-state index in [9.17, 15) is 18.4 Å². The van der Waals surface area contributed by atoms with E-state index in [1.807, 2.05) is 31.2 Å². The smallest absolute Gasteiger partial charge is 0.256 e. The third-order valence-corrected chi connectivity index (χ3v) is 4.60. The van der Waals surface area contributed by atoms with E-state index in [0.717, 1.165) is 17.8 Å². The second kappa shape index (κ2) is 7.64. The number of Topliss-reactive ketones (excluding diaryl/α,β-unsaturated/α-hetero) is 1. The van der Waals surface area contributed by atoms with Crippen molar-refractivity contribution in [1.82, 2.24) is 4.90 Å². The molecule has 1 heterocycles. The highest BCUT2D eigenvalue weighted by Gasteiger charge is 2.24. The Morgan fingerprint density at radius 3 is 2.19 bits per heavy atom. The molecule has 2 aromatic rings. The number of carbonyl (C=O) groups is 2. The lowest BCUT2D eigenvalue weighted by atomic mass is 10.1. The second-order valence-electron chi connectivity index (χ2n) is 6.23. The van der Waals surface area contributed by atoms with Crippen LogP contribution in [0, 0.1) is 11.6 Å². The van der Waals surface area contributed by atoms with Gasteiger partial charge < -0.3 is 9.80 Å². The molecule has 1 fully saturated rings. The van der Waals surface area contributed by atoms with E-state index in [4.69, 9.17) is 0 Å². The summed E-state index contributed by atoms with van der Waals surface area (Å²) < 4.78 is 26.8. The van der Waals surface area contributed by atoms with Crippen molar-refractivity contribution in [2.45, 2.75) is 13.3 Å². The summed E-state index contributed by atoms with van der Waals surface area (Å²) in [5.74, 6) is -1.86. The van der Waals surface area contributed by atoms with Gasteiger partial charge in [-0.2, -0.15) is 0 Å². The molecule has 3 rings (SSSR count). The first-order chi connectivity index (χ1) is 12.5. The lowest BCUT2D eigenvalue weighted by Gasteiger charge is -2.36. The number of hydrogen-bond donors (Lipinski definition) is 0. The standard InChI is InChI=1S/C20H20F2N2O2/c1-2-19(25)14-3-6-16(7-4-14)23-9-11-24(12-10-23)20(26)17-8-5-15(21)13-18(17)22/h3-8,13H,2,9-12H2,1H3. The molecule has 136 valence electrons. The molecule has 1 aliphatic rings. The van der Waals surface area contributed by atoms with Gasteiger partial charge in [0.1, 0.15) is 11.6 Å². The van der Waals surface area contributed by atoms with Crippen LogP contribution in [0.1, 0.15) is 34.1 Å². The topological polar surface area (TPSA) is 40.6 Å². The minimum atomic E-state index is -0.839. The summed E-state index contributed by atoms with van der Waals surface area (Å²) in [7, 11) is 0. The molecule has 0 atom stereocenters. The number of rotatable bonds is 4. The molecule has 1 saturated heterocycles. The average molecular weight is 358 g/mol. The lowest BCUT2D eigenvalue weighted by molar-refractivity contribution is 0.0741. The first kappa shape index (κ1) is 18.0. The van der Waals surface area contributed by atoms with E-state index in [-0.39, 0.29) is 11.3 Å². The number of carbonyl (C=O) groups excluding carboxylic acids is 2. The molecule has 26 heavy (non-hydrogen) atoms. The van der Waals surface area contributed by atoms with Crippen LogP contribution in [0.5, 0.6) is 0 Å². The maximum absolute atomic E-state index is 13.8. The number of piperazine rings is 1. The maximum Gasteiger partial charge on any atom is 0.256 e. The number of nitrogens with zero attached hydrogens (tertiary/aromatic N) is 2. The van der Waals surface area contributed by atoms with Gasteiger partial charge >= 0.3 is 0 Å². The van der Waals surface area contributed by atoms with Crippen molar-refractivity contribution in [2.75, 3.05) is 31.1 Å². The number of benzene rings is 2. The van der Waals surface area contributed by atoms with Gasteiger partial charge in [0.05, 0.1) is 5.56 Å². The fourth-order valence-electron chi connectivity index (χ4n) is 3.06. The zero-order valence-electron chi connectivity index (χ0n) is 14.5. The lowest BCUT2D eigenvalue weighted by Crippen LogP contribution is -2.49. The van der Waals surface area contributed by atoms with E-state index in [1.54, 1.807) is 4.90 Å². The molecule has 0 saturated carbocycles. The normalized spacial score (nSPS) is 14.4. The van der Waals surface area contributed by atoms with Crippen LogP contribution in [-0.4, -0.2) is 42.8 Å². The molecule has 6 heteroatoms. The van der Waals surface area contributed by atoms with Crippen LogP contribution in [0.4, 0.5) is 14.5 Å². The summed E-state index contributed by atoms with van der Waals surface area (Å²) in [4.78, 5) is 27.8. The highest BCUT2D eigenvalue weighted by atomic mass is 19.1. The van der Waals surface area contributed by atoms with Crippen molar-refractivity contribution in [3.05, 3.63) is 65.2 Å². The van der Waals surface area contributed by atoms with Crippen molar-refractivity contribution >= 4 is 17.4 Å². The summed E-state index contributed by atoms with van der Waals surface area (Å²) in [5.41, 5.74) is 1.57. The summed E-state index contributed by atoms with van der Waals surface area (Å²) in [6.45, 7) is 3.94. The van der Waals surface area contributed by atoms with Gasteiger partial charge in [-0.25, -0.2) is 8.78 Å². The van der Waals surface area contributed by atoms with E-state index in [1.165, 1.54) is 6.07 Å². The van der Waals surface area contributed by atoms with Gasteiger partial charge in [0.15, 0.2) is 5.78 Å². The molecular formula is C20H20F2N2O2. The van der Waals surface area contributed by atoms with Gasteiger partial charge in [-0.15, -0.1) is 0 Å². The fourth-order valence-corrected chi connectivity index (χ4v) is 3.06. The molecule has 0 aliphatic carbocycles. The van der Waals surface area contributed by atoms with Crippen molar-refractivity contribution in [1.29, 1.82) is 0 Å². The molecular weight excluding hydrogens is 338 g/mol. The average Bonchev–Trinajstić information content (AvgIpc) is 2.67. The monoisotopic (exact) mass is 358 g/mol. The van der Waals surface area contributed by atoms with Crippen molar-refractivity contribution in [3.63, 3.8) is 0 Å². The first-order valence-corrected chi connectivity index (χ1v) is 8.62. The zero-order chi connectivity index (χ0) is 18.7. The Hall–Kier alpha value is -2.76. The Bertz CT molecular complexity index is 813. The molecule has 2 aromatic carbocycles. The third kappa shape index (κ3) is 3.74. The molecule has 1 amide bonds. The van der Waals surface area contributed by atoms with Crippen LogP contribution < -0.4 is 4.90 Å². The van der Waals surface area contributed by atoms with Crippen molar-refractivity contribution in [3.8, 4) is 0 Å². The molecule has 0 spiro atoms. The number of anilines is 1. The molecule has 0 aromatic heterocycles. The van der Waals surface area contributed by atoms with Crippen LogP contribution in [0.2, 0.25) is 0 Å². The Morgan fingerprint density at radius 2 is 1.62 bits per heavy atom. The predicted octanol–water partition coefficient (Wildman–Crippen LogP) is 3.52. The van der Waals surface area contributed by atoms with Crippen LogP contribution in [0.3, 0.4) is 0 Å². The summed E-state index contributed by atoms with van der Waals surface area (Å²) in [6, 6.07) is 10.4. The molecule has 4 nitrogen and oxygen atoms in total. The van der Waals surface area contributed by atoms with E-state index < -0.39 is 17.5 Å². The zero-order valence-corrected chi connectivity index (χ0v) is 14.5. The van der Waals surface area contributed by atoms with Gasteiger partial charge in [0.2, 0.25) is 0 Å². The minimum Gasteiger partial charge on any atom is -0.368 e. The van der Waals surface area contributed by atoms with Crippen LogP contribution in [-0.2, 0) is 0 Å². The van der Waals surface area contributed by atoms with E-state index >= 15 is 0 Å². The van der Waals surface area contributed by atoms with Gasteiger partial charge in [-0.05, 0) is 36.4 Å². The Kier molecular flexibility index (Phi) is 5.30. The minimum absolute atomic E-state index is 0.105. The largest absolute Gasteiger partial charge is 0.368 e. The van der Waals surface area contributed by atoms with Gasteiger partial charge in [-0.3, -0.25) is 9.59 Å². The Labute approximate surface area is 151 Å². The van der Waals surface area contributed by atoms with Crippen LogP contribution in [0.15, 0.2) is 42.5 Å². The van der Waals surface area contributed by atoms with Crippen molar-refractivity contribution < 1.29 is 18.4 Å². The van der Waals surface area contributed by atoms with Crippen LogP contribution >= 0.6 is 0 Å². The van der Waals surface area contributed by atoms with Crippen molar-refractivity contribution in [2.24, 2.45) is 0 Å². The number of hydrogen-bond acceptors (Lipinski definition) is 3. The predicted molar refractivity (Wildman–Crippen MR) is 95.5 cm³/mol. The molecule has 0 bridgehead atoms. The second-order valence-corrected chi connectivity index (χ2v) is 6.23. The summed E-state index contributed by atoms with van der Waals surface area (Å²) >= 11 is 0. The third-order valence-electron chi connectivity index (χ3n) is 4.60. The number of ketones is 1. The van der Waals surface area contributed by atoms with Gasteiger partial charge in [-0.1, -0.05) is 6.92 Å². The fraction of sp³-hybridized carbons (Fsp3) is 0.300. The Morgan fingerprint density at radius 1 is 0.962 bits per heavy atom. The quantitative estimate of drug-likeness (QED) is 0.785. The van der Waals surface area contributed by atoms with Crippen LogP contribution in [0.25, 0.3) is 0 Å². The highest BCUT2D eigenvalue weighted by Crippen LogP contribution is 2.20. The SMILES string of the molecule is CCC(=O)c1ccc(N2CCN(C(=O)c3ccc(F)cc3F)CC2)cc1. The van der Waals surface area contributed by atoms with Gasteiger partial charge in [0.25, 0.3) is 5.91 Å². The molecule has 0 radical (unpaired) electrons. The van der Waals surface area contributed by atoms with E-state index in [0.29, 0.717) is 38.2 Å². The maximum atomic E-state index is 13.8. The first-order valence-electron chi connectivity index (χ1n) is 8.62. The molecule has 0 unspecified atom stereocenters. The highest BCUT2D eigenvalue weighted by molar-refractivity contribution is 5.96. The summed E-state index contributed by atoms with van der Waals surface area (Å²) in [5, 5.41) is 0. The Balaban J connectivity index is 1.63. The number of halogens is 2. The van der Waals surface area contributed by atoms with E-state index in [2.05, 4.69) is 4.90 Å².